The molecule has 3 heterocycles. The van der Waals surface area contributed by atoms with E-state index in [1.54, 1.807) is 41.0 Å². The molecule has 3 aromatic rings. The lowest BCUT2D eigenvalue weighted by Gasteiger charge is -2.44. The fourth-order valence-corrected chi connectivity index (χ4v) is 6.15. The molecule has 2 amide bonds. The molecule has 2 unspecified atom stereocenters. The molecule has 2 aromatic carbocycles. The predicted octanol–water partition coefficient (Wildman–Crippen LogP) is 4.72. The van der Waals surface area contributed by atoms with Gasteiger partial charge in [-0.1, -0.05) is 12.1 Å². The summed E-state index contributed by atoms with van der Waals surface area (Å²) < 4.78 is 25.4. The number of piperidine rings is 1. The zero-order chi connectivity index (χ0) is 31.5. The van der Waals surface area contributed by atoms with Crippen LogP contribution in [0.4, 0.5) is 9.18 Å². The summed E-state index contributed by atoms with van der Waals surface area (Å²) in [6.45, 7) is 8.46. The van der Waals surface area contributed by atoms with E-state index in [0.717, 1.165) is 24.8 Å². The minimum Gasteiger partial charge on any atom is -0.496 e. The van der Waals surface area contributed by atoms with E-state index in [9.17, 15) is 23.6 Å². The standard InChI is InChI=1S/C33H39FN4O6/c1-5-44-33(42)38-20-27(30(39)32(41)35-13-7-6-8-14-35)25-15-26(29(43-4)16-28(25)38)31(40)37-18-21(2)36(17-22(37)3)19-23-9-11-24(34)12-10-23/h9-12,15-16,20-22H,5-8,13-14,17-19H2,1-4H3. The Hall–Kier alpha value is -4.25. The highest BCUT2D eigenvalue weighted by Gasteiger charge is 2.35. The van der Waals surface area contributed by atoms with Gasteiger partial charge in [-0.2, -0.15) is 0 Å². The number of hydrogen-bond donors (Lipinski definition) is 0. The maximum atomic E-state index is 14.1. The van der Waals surface area contributed by atoms with Crippen molar-refractivity contribution in [3.8, 4) is 5.75 Å². The Morgan fingerprint density at radius 1 is 0.932 bits per heavy atom. The minimum atomic E-state index is -0.736. The maximum absolute atomic E-state index is 14.1. The lowest BCUT2D eigenvalue weighted by Crippen LogP contribution is -2.57. The van der Waals surface area contributed by atoms with Crippen LogP contribution in [0.3, 0.4) is 0 Å². The van der Waals surface area contributed by atoms with Gasteiger partial charge >= 0.3 is 6.09 Å². The average Bonchev–Trinajstić information content (AvgIpc) is 3.41. The van der Waals surface area contributed by atoms with Crippen LogP contribution in [0.25, 0.3) is 10.9 Å². The van der Waals surface area contributed by atoms with Crippen molar-refractivity contribution in [2.75, 3.05) is 39.9 Å². The smallest absolute Gasteiger partial charge is 0.418 e. The molecule has 0 saturated carbocycles. The third kappa shape index (κ3) is 6.19. The van der Waals surface area contributed by atoms with Crippen molar-refractivity contribution in [3.63, 3.8) is 0 Å². The van der Waals surface area contributed by atoms with Gasteiger partial charge in [-0.25, -0.2) is 9.18 Å². The van der Waals surface area contributed by atoms with E-state index >= 15 is 0 Å². The Balaban J connectivity index is 1.48. The summed E-state index contributed by atoms with van der Waals surface area (Å²) in [6, 6.07) is 9.36. The summed E-state index contributed by atoms with van der Waals surface area (Å²) >= 11 is 0. The van der Waals surface area contributed by atoms with Gasteiger partial charge in [-0.05, 0) is 63.8 Å². The first kappa shape index (κ1) is 31.2. The topological polar surface area (TPSA) is 101 Å². The second-order valence-corrected chi connectivity index (χ2v) is 11.6. The first-order chi connectivity index (χ1) is 21.1. The van der Waals surface area contributed by atoms with Crippen LogP contribution in [-0.4, -0.2) is 94.9 Å². The zero-order valence-corrected chi connectivity index (χ0v) is 25.7. The highest BCUT2D eigenvalue weighted by Crippen LogP contribution is 2.33. The van der Waals surface area contributed by atoms with Gasteiger partial charge in [0.05, 0.1) is 30.4 Å². The Morgan fingerprint density at radius 3 is 2.30 bits per heavy atom. The van der Waals surface area contributed by atoms with Gasteiger partial charge in [-0.15, -0.1) is 0 Å². The molecule has 0 spiro atoms. The van der Waals surface area contributed by atoms with E-state index in [2.05, 4.69) is 4.90 Å². The van der Waals surface area contributed by atoms with Gasteiger partial charge in [0.2, 0.25) is 0 Å². The molecule has 0 bridgehead atoms. The number of ether oxygens (including phenoxy) is 2. The Morgan fingerprint density at radius 2 is 1.64 bits per heavy atom. The van der Waals surface area contributed by atoms with Crippen molar-refractivity contribution in [1.29, 1.82) is 0 Å². The van der Waals surface area contributed by atoms with Gasteiger partial charge in [0.1, 0.15) is 11.6 Å². The van der Waals surface area contributed by atoms with Gasteiger partial charge < -0.3 is 19.3 Å². The third-order valence-electron chi connectivity index (χ3n) is 8.58. The molecule has 0 N–H and O–H groups in total. The Labute approximate surface area is 256 Å². The number of ketones is 1. The quantitative estimate of drug-likeness (QED) is 0.283. The van der Waals surface area contributed by atoms with Crippen molar-refractivity contribution in [1.82, 2.24) is 19.3 Å². The summed E-state index contributed by atoms with van der Waals surface area (Å²) in [5.74, 6) is -1.69. The highest BCUT2D eigenvalue weighted by atomic mass is 19.1. The second kappa shape index (κ2) is 13.2. The number of carbonyl (C=O) groups excluding carboxylic acids is 4. The first-order valence-corrected chi connectivity index (χ1v) is 15.2. The summed E-state index contributed by atoms with van der Waals surface area (Å²) in [5.41, 5.74) is 1.55. The van der Waals surface area contributed by atoms with Crippen LogP contribution in [0.2, 0.25) is 0 Å². The van der Waals surface area contributed by atoms with Crippen LogP contribution in [0, 0.1) is 5.82 Å². The molecule has 0 radical (unpaired) electrons. The number of Topliss-reactive ketones (excluding diaryl/α,β-unsaturated/α-hetero) is 1. The lowest BCUT2D eigenvalue weighted by molar-refractivity contribution is -0.127. The fourth-order valence-electron chi connectivity index (χ4n) is 6.15. The molecule has 2 aliphatic heterocycles. The molecular weight excluding hydrogens is 567 g/mol. The SMILES string of the molecule is CCOC(=O)n1cc(C(=O)C(=O)N2CCCCC2)c2cc(C(=O)N3CC(C)N(Cc4ccc(F)cc4)CC3C)c(OC)cc21. The van der Waals surface area contributed by atoms with E-state index in [4.69, 9.17) is 9.47 Å². The molecule has 2 fully saturated rings. The molecule has 0 aliphatic carbocycles. The van der Waals surface area contributed by atoms with Crippen LogP contribution in [0.5, 0.6) is 5.75 Å². The number of methoxy groups -OCH3 is 1. The number of carbonyl (C=O) groups is 4. The summed E-state index contributed by atoms with van der Waals surface area (Å²) in [5, 5.41) is 0.299. The number of likely N-dealkylation sites (tertiary alicyclic amines) is 1. The van der Waals surface area contributed by atoms with Crippen molar-refractivity contribution < 1.29 is 33.0 Å². The number of hydrogen-bond acceptors (Lipinski definition) is 7. The normalized spacial score (nSPS) is 19.2. The van der Waals surface area contributed by atoms with Gasteiger partial charge in [0.25, 0.3) is 17.6 Å². The molecular formula is C33H39FN4O6. The number of nitrogens with zero attached hydrogens (tertiary/aromatic N) is 4. The van der Waals surface area contributed by atoms with E-state index in [-0.39, 0.29) is 47.3 Å². The maximum Gasteiger partial charge on any atom is 0.418 e. The van der Waals surface area contributed by atoms with Crippen LogP contribution in [0.15, 0.2) is 42.6 Å². The second-order valence-electron chi connectivity index (χ2n) is 11.6. The van der Waals surface area contributed by atoms with Crippen molar-refractivity contribution in [3.05, 3.63) is 65.1 Å². The Bertz CT molecular complexity index is 1560. The minimum absolute atomic E-state index is 0.0131. The third-order valence-corrected chi connectivity index (χ3v) is 8.58. The van der Waals surface area contributed by atoms with Crippen LogP contribution in [-0.2, 0) is 16.1 Å². The van der Waals surface area contributed by atoms with Crippen LogP contribution < -0.4 is 4.74 Å². The molecule has 1 aromatic heterocycles. The zero-order valence-electron chi connectivity index (χ0n) is 25.7. The number of halogens is 1. The molecule has 234 valence electrons. The number of fused-ring (bicyclic) bond motifs is 1. The molecule has 2 atom stereocenters. The molecule has 44 heavy (non-hydrogen) atoms. The molecule has 2 aliphatic rings. The summed E-state index contributed by atoms with van der Waals surface area (Å²) in [6.07, 6.45) is 3.27. The number of piperazine rings is 1. The van der Waals surface area contributed by atoms with Crippen molar-refractivity contribution >= 4 is 34.6 Å². The van der Waals surface area contributed by atoms with Crippen molar-refractivity contribution in [2.45, 2.75) is 58.7 Å². The molecule has 5 rings (SSSR count). The molecule has 2 saturated heterocycles. The monoisotopic (exact) mass is 606 g/mol. The number of amides is 2. The van der Waals surface area contributed by atoms with E-state index < -0.39 is 17.8 Å². The number of benzene rings is 2. The largest absolute Gasteiger partial charge is 0.496 e. The Kier molecular flexibility index (Phi) is 9.33. The van der Waals surface area contributed by atoms with Crippen LogP contribution >= 0.6 is 0 Å². The van der Waals surface area contributed by atoms with Gasteiger partial charge in [-0.3, -0.25) is 23.9 Å². The van der Waals surface area contributed by atoms with Crippen LogP contribution in [0.1, 0.15) is 66.3 Å². The number of rotatable bonds is 7. The summed E-state index contributed by atoms with van der Waals surface area (Å²) in [4.78, 5) is 59.4. The lowest BCUT2D eigenvalue weighted by atomic mass is 10.0. The van der Waals surface area contributed by atoms with Gasteiger partial charge in [0, 0.05) is 62.5 Å². The summed E-state index contributed by atoms with van der Waals surface area (Å²) in [7, 11) is 1.44. The molecule has 10 nitrogen and oxygen atoms in total. The average molecular weight is 607 g/mol. The number of aromatic nitrogens is 1. The highest BCUT2D eigenvalue weighted by molar-refractivity contribution is 6.45. The molecule has 11 heteroatoms. The predicted molar refractivity (Wildman–Crippen MR) is 162 cm³/mol. The van der Waals surface area contributed by atoms with E-state index in [1.807, 2.05) is 13.8 Å². The van der Waals surface area contributed by atoms with Crippen molar-refractivity contribution in [2.24, 2.45) is 0 Å². The van der Waals surface area contributed by atoms with E-state index in [0.29, 0.717) is 43.6 Å². The first-order valence-electron chi connectivity index (χ1n) is 15.2. The van der Waals surface area contributed by atoms with Gasteiger partial charge in [0.15, 0.2) is 0 Å². The van der Waals surface area contributed by atoms with E-state index in [1.165, 1.54) is 30.0 Å². The fraction of sp³-hybridized carbons (Fsp3) is 0.455.